The van der Waals surface area contributed by atoms with Crippen molar-refractivity contribution in [2.24, 2.45) is 0 Å². The summed E-state index contributed by atoms with van der Waals surface area (Å²) < 4.78 is 5.97. The van der Waals surface area contributed by atoms with Gasteiger partial charge in [-0.1, -0.05) is 13.8 Å². The molecule has 0 aromatic carbocycles. The maximum absolute atomic E-state index is 5.97. The van der Waals surface area contributed by atoms with E-state index in [0.717, 1.165) is 39.1 Å². The molecule has 0 amide bonds. The Bertz CT molecular complexity index is 306. The average Bonchev–Trinajstić information content (AvgIpc) is 2.82. The van der Waals surface area contributed by atoms with Crippen LogP contribution >= 0.6 is 11.3 Å². The zero-order chi connectivity index (χ0) is 11.4. The van der Waals surface area contributed by atoms with E-state index in [1.807, 2.05) is 0 Å². The second kappa shape index (κ2) is 5.30. The molecule has 0 radical (unpaired) electrons. The van der Waals surface area contributed by atoms with Crippen LogP contribution in [-0.4, -0.2) is 30.2 Å². The Labute approximate surface area is 102 Å². The standard InChI is InChI=1S/C13H21NOS/c1-3-13(4-2)11-14(6-7-15-13)9-12-5-8-16-10-12/h5,8,10H,3-4,6-7,9,11H2,1-2H3. The Hall–Kier alpha value is -0.380. The second-order valence-corrected chi connectivity index (χ2v) is 5.36. The van der Waals surface area contributed by atoms with E-state index in [1.165, 1.54) is 5.56 Å². The van der Waals surface area contributed by atoms with Crippen molar-refractivity contribution in [1.29, 1.82) is 0 Å². The highest BCUT2D eigenvalue weighted by Crippen LogP contribution is 2.26. The summed E-state index contributed by atoms with van der Waals surface area (Å²) in [4.78, 5) is 2.53. The van der Waals surface area contributed by atoms with Crippen LogP contribution in [0.4, 0.5) is 0 Å². The summed E-state index contributed by atoms with van der Waals surface area (Å²) in [5.74, 6) is 0. The first-order valence-electron chi connectivity index (χ1n) is 6.15. The molecule has 1 aliphatic rings. The fraction of sp³-hybridized carbons (Fsp3) is 0.692. The molecule has 2 heterocycles. The van der Waals surface area contributed by atoms with Gasteiger partial charge in [-0.15, -0.1) is 0 Å². The van der Waals surface area contributed by atoms with Gasteiger partial charge in [0.25, 0.3) is 0 Å². The SMILES string of the molecule is CCC1(CC)CN(Cc2ccsc2)CCO1. The molecular formula is C13H21NOS. The van der Waals surface area contributed by atoms with Gasteiger partial charge in [0, 0.05) is 19.6 Å². The van der Waals surface area contributed by atoms with Crippen LogP contribution in [0, 0.1) is 0 Å². The lowest BCUT2D eigenvalue weighted by molar-refractivity contribution is -0.115. The van der Waals surface area contributed by atoms with E-state index in [-0.39, 0.29) is 5.60 Å². The number of hydrogen-bond donors (Lipinski definition) is 0. The number of thiophene rings is 1. The number of nitrogens with zero attached hydrogens (tertiary/aromatic N) is 1. The van der Waals surface area contributed by atoms with Crippen LogP contribution in [0.25, 0.3) is 0 Å². The zero-order valence-electron chi connectivity index (χ0n) is 10.2. The predicted molar refractivity (Wildman–Crippen MR) is 68.9 cm³/mol. The van der Waals surface area contributed by atoms with Crippen LogP contribution < -0.4 is 0 Å². The van der Waals surface area contributed by atoms with Crippen LogP contribution in [0.5, 0.6) is 0 Å². The maximum atomic E-state index is 5.97. The summed E-state index contributed by atoms with van der Waals surface area (Å²) in [6, 6.07) is 2.22. The molecule has 1 aliphatic heterocycles. The van der Waals surface area contributed by atoms with Gasteiger partial charge >= 0.3 is 0 Å². The highest BCUT2D eigenvalue weighted by Gasteiger charge is 2.33. The van der Waals surface area contributed by atoms with Gasteiger partial charge in [0.2, 0.25) is 0 Å². The summed E-state index contributed by atoms with van der Waals surface area (Å²) in [6.07, 6.45) is 2.23. The van der Waals surface area contributed by atoms with Gasteiger partial charge in [-0.3, -0.25) is 4.90 Å². The molecule has 16 heavy (non-hydrogen) atoms. The summed E-state index contributed by atoms with van der Waals surface area (Å²) in [6.45, 7) is 8.57. The number of rotatable bonds is 4. The molecule has 0 aliphatic carbocycles. The van der Waals surface area contributed by atoms with Crippen molar-refractivity contribution in [2.45, 2.75) is 38.8 Å². The second-order valence-electron chi connectivity index (χ2n) is 4.58. The molecule has 2 rings (SSSR count). The normalized spacial score (nSPS) is 21.1. The quantitative estimate of drug-likeness (QED) is 0.800. The minimum atomic E-state index is 0.105. The van der Waals surface area contributed by atoms with Gasteiger partial charge in [0.15, 0.2) is 0 Å². The molecule has 0 spiro atoms. The van der Waals surface area contributed by atoms with E-state index in [0.29, 0.717) is 0 Å². The van der Waals surface area contributed by atoms with Gasteiger partial charge in [-0.2, -0.15) is 11.3 Å². The minimum absolute atomic E-state index is 0.105. The summed E-state index contributed by atoms with van der Waals surface area (Å²) in [7, 11) is 0. The molecule has 0 bridgehead atoms. The van der Waals surface area contributed by atoms with Crippen LogP contribution in [0.15, 0.2) is 16.8 Å². The van der Waals surface area contributed by atoms with Crippen molar-refractivity contribution < 1.29 is 4.74 Å². The Morgan fingerprint density at radius 3 is 2.88 bits per heavy atom. The monoisotopic (exact) mass is 239 g/mol. The maximum Gasteiger partial charge on any atom is 0.0804 e. The van der Waals surface area contributed by atoms with Gasteiger partial charge in [0.1, 0.15) is 0 Å². The van der Waals surface area contributed by atoms with Crippen molar-refractivity contribution in [3.63, 3.8) is 0 Å². The molecule has 1 fully saturated rings. The Morgan fingerprint density at radius 2 is 2.25 bits per heavy atom. The first kappa shape index (κ1) is 12.1. The van der Waals surface area contributed by atoms with Gasteiger partial charge in [-0.05, 0) is 35.2 Å². The molecule has 90 valence electrons. The van der Waals surface area contributed by atoms with Crippen molar-refractivity contribution in [2.75, 3.05) is 19.7 Å². The van der Waals surface area contributed by atoms with E-state index in [4.69, 9.17) is 4.74 Å². The van der Waals surface area contributed by atoms with E-state index < -0.39 is 0 Å². The lowest BCUT2D eigenvalue weighted by atomic mass is 9.95. The van der Waals surface area contributed by atoms with E-state index in [1.54, 1.807) is 11.3 Å². The van der Waals surface area contributed by atoms with E-state index in [2.05, 4.69) is 35.6 Å². The molecule has 2 nitrogen and oxygen atoms in total. The molecule has 1 saturated heterocycles. The highest BCUT2D eigenvalue weighted by atomic mass is 32.1. The van der Waals surface area contributed by atoms with E-state index in [9.17, 15) is 0 Å². The van der Waals surface area contributed by atoms with Crippen molar-refractivity contribution >= 4 is 11.3 Å². The summed E-state index contributed by atoms with van der Waals surface area (Å²) in [5.41, 5.74) is 1.54. The van der Waals surface area contributed by atoms with Crippen molar-refractivity contribution in [3.8, 4) is 0 Å². The van der Waals surface area contributed by atoms with Crippen molar-refractivity contribution in [1.82, 2.24) is 4.90 Å². The molecule has 3 heteroatoms. The highest BCUT2D eigenvalue weighted by molar-refractivity contribution is 7.07. The molecule has 1 aromatic rings. The fourth-order valence-electron chi connectivity index (χ4n) is 2.38. The fourth-order valence-corrected chi connectivity index (χ4v) is 3.04. The average molecular weight is 239 g/mol. The molecule has 0 N–H and O–H groups in total. The third-order valence-electron chi connectivity index (χ3n) is 3.60. The predicted octanol–water partition coefficient (Wildman–Crippen LogP) is 3.14. The lowest BCUT2D eigenvalue weighted by Crippen LogP contribution is -2.50. The minimum Gasteiger partial charge on any atom is -0.372 e. The summed E-state index contributed by atoms with van der Waals surface area (Å²) >= 11 is 1.78. The largest absolute Gasteiger partial charge is 0.372 e. The lowest BCUT2D eigenvalue weighted by Gasteiger charge is -2.42. The number of ether oxygens (including phenoxy) is 1. The Kier molecular flexibility index (Phi) is 4.00. The number of morpholine rings is 1. The number of hydrogen-bond acceptors (Lipinski definition) is 3. The van der Waals surface area contributed by atoms with Crippen LogP contribution in [0.2, 0.25) is 0 Å². The first-order chi connectivity index (χ1) is 7.78. The van der Waals surface area contributed by atoms with Gasteiger partial charge in [-0.25, -0.2) is 0 Å². The van der Waals surface area contributed by atoms with Crippen LogP contribution in [0.1, 0.15) is 32.3 Å². The third-order valence-corrected chi connectivity index (χ3v) is 4.33. The first-order valence-corrected chi connectivity index (χ1v) is 7.09. The Balaban J connectivity index is 1.96. The van der Waals surface area contributed by atoms with E-state index >= 15 is 0 Å². The van der Waals surface area contributed by atoms with Crippen LogP contribution in [0.3, 0.4) is 0 Å². The van der Waals surface area contributed by atoms with Crippen molar-refractivity contribution in [3.05, 3.63) is 22.4 Å². The van der Waals surface area contributed by atoms with Crippen LogP contribution in [-0.2, 0) is 11.3 Å². The molecular weight excluding hydrogens is 218 g/mol. The molecule has 0 atom stereocenters. The zero-order valence-corrected chi connectivity index (χ0v) is 11.1. The van der Waals surface area contributed by atoms with Gasteiger partial charge in [0.05, 0.1) is 12.2 Å². The smallest absolute Gasteiger partial charge is 0.0804 e. The summed E-state index contributed by atoms with van der Waals surface area (Å²) in [5, 5.41) is 4.40. The van der Waals surface area contributed by atoms with Gasteiger partial charge < -0.3 is 4.74 Å². The topological polar surface area (TPSA) is 12.5 Å². The molecule has 0 saturated carbocycles. The third kappa shape index (κ3) is 2.65. The Morgan fingerprint density at radius 1 is 1.44 bits per heavy atom. The molecule has 1 aromatic heterocycles. The molecule has 0 unspecified atom stereocenters.